The Hall–Kier alpha value is -1.65. The third-order valence-electron chi connectivity index (χ3n) is 3.50. The van der Waals surface area contributed by atoms with E-state index in [0.717, 1.165) is 17.0 Å². The van der Waals surface area contributed by atoms with Gasteiger partial charge >= 0.3 is 0 Å². The predicted molar refractivity (Wildman–Crippen MR) is 96.5 cm³/mol. The number of aliphatic hydroxyl groups is 2. The first-order chi connectivity index (χ1) is 11.5. The minimum Gasteiger partial charge on any atom is -0.393 e. The van der Waals surface area contributed by atoms with Gasteiger partial charge in [-0.15, -0.1) is 29.1 Å². The summed E-state index contributed by atoms with van der Waals surface area (Å²) in [6.07, 6.45) is 3.14. The molecule has 25 heavy (non-hydrogen) atoms. The van der Waals surface area contributed by atoms with E-state index in [1.54, 1.807) is 26.2 Å². The Morgan fingerprint density at radius 2 is 1.60 bits per heavy atom. The quantitative estimate of drug-likeness (QED) is 0.524. The van der Waals surface area contributed by atoms with Crippen LogP contribution in [0.15, 0.2) is 48.8 Å². The summed E-state index contributed by atoms with van der Waals surface area (Å²) in [5, 5.41) is 19.5. The molecule has 0 saturated carbocycles. The molecule has 0 saturated heterocycles. The van der Waals surface area contributed by atoms with Gasteiger partial charge in [-0.2, -0.15) is 0 Å². The Bertz CT molecular complexity index is 785. The summed E-state index contributed by atoms with van der Waals surface area (Å²) in [6.45, 7) is 5.28. The molecule has 5 heteroatoms. The third kappa shape index (κ3) is 6.63. The number of aryl methyl sites for hydroxylation is 1. The Labute approximate surface area is 162 Å². The van der Waals surface area contributed by atoms with Crippen LogP contribution in [0.1, 0.15) is 26.0 Å². The van der Waals surface area contributed by atoms with Gasteiger partial charge in [0.15, 0.2) is 0 Å². The number of rotatable bonds is 3. The van der Waals surface area contributed by atoms with E-state index in [0.29, 0.717) is 6.42 Å². The summed E-state index contributed by atoms with van der Waals surface area (Å²) in [5.74, 6) is 0. The summed E-state index contributed by atoms with van der Waals surface area (Å²) < 4.78 is 0. The molecular formula is C20H23IrN2O2-. The van der Waals surface area contributed by atoms with Crippen LogP contribution >= 0.6 is 0 Å². The fourth-order valence-corrected chi connectivity index (χ4v) is 2.43. The number of aromatic nitrogens is 2. The summed E-state index contributed by atoms with van der Waals surface area (Å²) in [5.41, 5.74) is 2.83. The van der Waals surface area contributed by atoms with Crippen LogP contribution in [0, 0.1) is 13.0 Å². The number of nitrogens with zero attached hydrogens (tertiary/aromatic N) is 2. The molecule has 4 nitrogen and oxygen atoms in total. The molecule has 0 aliphatic carbocycles. The molecule has 2 unspecified atom stereocenters. The first kappa shape index (κ1) is 21.4. The zero-order valence-corrected chi connectivity index (χ0v) is 17.0. The van der Waals surface area contributed by atoms with E-state index in [1.807, 2.05) is 25.1 Å². The van der Waals surface area contributed by atoms with Gasteiger partial charge in [-0.25, -0.2) is 0 Å². The second-order valence-corrected chi connectivity index (χ2v) is 5.90. The molecule has 0 amide bonds. The zero-order valence-electron chi connectivity index (χ0n) is 14.6. The van der Waals surface area contributed by atoms with Crippen LogP contribution < -0.4 is 0 Å². The topological polar surface area (TPSA) is 66.2 Å². The minimum absolute atomic E-state index is 0. The molecule has 0 spiro atoms. The Morgan fingerprint density at radius 1 is 1.00 bits per heavy atom. The van der Waals surface area contributed by atoms with Crippen LogP contribution in [0.5, 0.6) is 0 Å². The molecule has 0 fully saturated rings. The summed E-state index contributed by atoms with van der Waals surface area (Å²) in [6, 6.07) is 15.6. The molecule has 0 aliphatic heterocycles. The van der Waals surface area contributed by atoms with Crippen molar-refractivity contribution in [3.63, 3.8) is 0 Å². The predicted octanol–water partition coefficient (Wildman–Crippen LogP) is 3.54. The van der Waals surface area contributed by atoms with Gasteiger partial charge in [0.1, 0.15) is 0 Å². The fraction of sp³-hybridized carbons (Fsp3) is 0.300. The summed E-state index contributed by atoms with van der Waals surface area (Å²) in [7, 11) is 0. The van der Waals surface area contributed by atoms with Crippen molar-refractivity contribution < 1.29 is 30.3 Å². The van der Waals surface area contributed by atoms with Crippen LogP contribution in [0.2, 0.25) is 0 Å². The van der Waals surface area contributed by atoms with Crippen molar-refractivity contribution >= 4 is 10.8 Å². The second-order valence-electron chi connectivity index (χ2n) is 5.90. The smallest absolute Gasteiger partial charge is 0.0536 e. The van der Waals surface area contributed by atoms with Crippen molar-refractivity contribution in [3.05, 3.63) is 60.6 Å². The standard InChI is InChI=1S/C15H11N2.C5H12O2.Ir/c1-11-15(17-9-8-16-11)14-7-6-12-4-2-3-5-13(12)10-14;1-4(6)3-5(2)7;/h2-6,8-10H,1H3;4-7H,3H2,1-2H3;/q-1;;. The molecule has 3 aromatic rings. The molecule has 2 aromatic carbocycles. The Kier molecular flexibility index (Phi) is 8.87. The SMILES string of the molecule is CC(O)CC(C)O.Cc1nccnc1-c1[c-]cc2ccccc2c1.[Ir]. The average molecular weight is 516 g/mol. The van der Waals surface area contributed by atoms with Gasteiger partial charge in [0.25, 0.3) is 0 Å². The average Bonchev–Trinajstić information content (AvgIpc) is 2.54. The first-order valence-electron chi connectivity index (χ1n) is 8.02. The maximum atomic E-state index is 8.56. The van der Waals surface area contributed by atoms with Crippen molar-refractivity contribution in [2.45, 2.75) is 39.4 Å². The van der Waals surface area contributed by atoms with Crippen molar-refractivity contribution in [2.75, 3.05) is 0 Å². The van der Waals surface area contributed by atoms with Gasteiger partial charge in [0.05, 0.1) is 12.2 Å². The Balaban J connectivity index is 0.000000339. The molecule has 0 bridgehead atoms. The van der Waals surface area contributed by atoms with E-state index < -0.39 is 0 Å². The van der Waals surface area contributed by atoms with Gasteiger partial charge in [-0.1, -0.05) is 29.7 Å². The van der Waals surface area contributed by atoms with Crippen molar-refractivity contribution in [2.24, 2.45) is 0 Å². The van der Waals surface area contributed by atoms with Gasteiger partial charge in [0.2, 0.25) is 0 Å². The van der Waals surface area contributed by atoms with E-state index in [9.17, 15) is 0 Å². The van der Waals surface area contributed by atoms with Gasteiger partial charge in [-0.05, 0) is 27.2 Å². The number of aliphatic hydroxyl groups excluding tert-OH is 2. The number of hydrogen-bond acceptors (Lipinski definition) is 4. The van der Waals surface area contributed by atoms with E-state index in [4.69, 9.17) is 10.2 Å². The van der Waals surface area contributed by atoms with Crippen molar-refractivity contribution in [3.8, 4) is 11.3 Å². The molecule has 1 aromatic heterocycles. The molecule has 135 valence electrons. The van der Waals surface area contributed by atoms with E-state index in [-0.39, 0.29) is 32.3 Å². The summed E-state index contributed by atoms with van der Waals surface area (Å²) >= 11 is 0. The number of hydrogen-bond donors (Lipinski definition) is 2. The van der Waals surface area contributed by atoms with E-state index in [2.05, 4.69) is 34.2 Å². The van der Waals surface area contributed by atoms with E-state index in [1.165, 1.54) is 10.8 Å². The van der Waals surface area contributed by atoms with Crippen molar-refractivity contribution in [1.82, 2.24) is 9.97 Å². The molecule has 1 radical (unpaired) electrons. The van der Waals surface area contributed by atoms with Crippen LogP contribution in [0.4, 0.5) is 0 Å². The maximum absolute atomic E-state index is 8.56. The molecule has 0 aliphatic rings. The third-order valence-corrected chi connectivity index (χ3v) is 3.50. The van der Waals surface area contributed by atoms with E-state index >= 15 is 0 Å². The van der Waals surface area contributed by atoms with Crippen molar-refractivity contribution in [1.29, 1.82) is 0 Å². The fourth-order valence-electron chi connectivity index (χ4n) is 2.43. The number of benzene rings is 2. The number of fused-ring (bicyclic) bond motifs is 1. The molecular weight excluding hydrogens is 492 g/mol. The monoisotopic (exact) mass is 516 g/mol. The second kappa shape index (κ2) is 10.4. The van der Waals surface area contributed by atoms with Gasteiger partial charge < -0.3 is 15.2 Å². The largest absolute Gasteiger partial charge is 0.393 e. The van der Waals surface area contributed by atoms with Gasteiger partial charge in [0, 0.05) is 43.9 Å². The normalized spacial score (nSPS) is 12.5. The van der Waals surface area contributed by atoms with Crippen LogP contribution in [-0.4, -0.2) is 32.4 Å². The van der Waals surface area contributed by atoms with Crippen LogP contribution in [-0.2, 0) is 20.1 Å². The maximum Gasteiger partial charge on any atom is 0.0536 e. The summed E-state index contributed by atoms with van der Waals surface area (Å²) in [4.78, 5) is 8.61. The van der Waals surface area contributed by atoms with Crippen LogP contribution in [0.25, 0.3) is 22.0 Å². The minimum atomic E-state index is -0.375. The van der Waals surface area contributed by atoms with Crippen LogP contribution in [0.3, 0.4) is 0 Å². The molecule has 1 heterocycles. The zero-order chi connectivity index (χ0) is 17.5. The first-order valence-corrected chi connectivity index (χ1v) is 8.02. The molecule has 2 N–H and O–H groups in total. The van der Waals surface area contributed by atoms with Gasteiger partial charge in [-0.3, -0.25) is 4.98 Å². The molecule has 2 atom stereocenters. The Morgan fingerprint density at radius 3 is 2.16 bits per heavy atom. The molecule has 3 rings (SSSR count).